The molecule has 1 aliphatic rings. The highest BCUT2D eigenvalue weighted by Gasteiger charge is 2.26. The van der Waals surface area contributed by atoms with Crippen LogP contribution in [0, 0.1) is 5.92 Å². The number of nitrogens with one attached hydrogen (secondary N) is 1. The van der Waals surface area contributed by atoms with E-state index in [-0.39, 0.29) is 30.0 Å². The smallest absolute Gasteiger partial charge is 0.241 e. The molecule has 6 heteroatoms. The van der Waals surface area contributed by atoms with Crippen molar-refractivity contribution in [3.63, 3.8) is 0 Å². The third-order valence-electron chi connectivity index (χ3n) is 3.19. The van der Waals surface area contributed by atoms with Gasteiger partial charge in [-0.15, -0.1) is 12.4 Å². The molecule has 1 saturated heterocycles. The Hall–Kier alpha value is -1.30. The lowest BCUT2D eigenvalue weighted by Crippen LogP contribution is -2.43. The van der Waals surface area contributed by atoms with Crippen molar-refractivity contribution in [1.82, 2.24) is 0 Å². The number of ether oxygens (including phenoxy) is 1. The molecule has 0 spiro atoms. The Balaban J connectivity index is 0.00000180. The molecule has 2 rings (SSSR count). The first kappa shape index (κ1) is 15.8. The Labute approximate surface area is 118 Å². The van der Waals surface area contributed by atoms with E-state index in [0.717, 1.165) is 12.8 Å². The van der Waals surface area contributed by atoms with Gasteiger partial charge >= 0.3 is 0 Å². The molecule has 0 aliphatic carbocycles. The number of benzene rings is 1. The maximum atomic E-state index is 12.0. The molecule has 4 N–H and O–H groups in total. The lowest BCUT2D eigenvalue weighted by molar-refractivity contribution is -0.119. The number of nitrogens with two attached hydrogens (primary N) is 1. The minimum Gasteiger partial charge on any atom is -0.508 e. The van der Waals surface area contributed by atoms with E-state index >= 15 is 0 Å². The molecule has 1 atom stereocenters. The van der Waals surface area contributed by atoms with Crippen LogP contribution in [-0.4, -0.2) is 30.3 Å². The average molecular weight is 287 g/mol. The van der Waals surface area contributed by atoms with Gasteiger partial charge in [0.15, 0.2) is 0 Å². The summed E-state index contributed by atoms with van der Waals surface area (Å²) >= 11 is 0. The molecule has 1 aromatic carbocycles. The predicted molar refractivity (Wildman–Crippen MR) is 75.5 cm³/mol. The van der Waals surface area contributed by atoms with Crippen LogP contribution in [0.2, 0.25) is 0 Å². The van der Waals surface area contributed by atoms with E-state index < -0.39 is 6.04 Å². The standard InChI is InChI=1S/C13H18N2O3.ClH/c14-12(9-4-6-18-7-5-9)13(17)15-10-2-1-3-11(16)8-10;/h1-3,8-9,12,16H,4-7,14H2,(H,15,17);1H. The largest absolute Gasteiger partial charge is 0.508 e. The Bertz CT molecular complexity index is 422. The first-order valence-electron chi connectivity index (χ1n) is 6.10. The van der Waals surface area contributed by atoms with E-state index in [1.54, 1.807) is 18.2 Å². The van der Waals surface area contributed by atoms with Gasteiger partial charge < -0.3 is 20.9 Å². The molecule has 19 heavy (non-hydrogen) atoms. The SMILES string of the molecule is Cl.NC(C(=O)Nc1cccc(O)c1)C1CCOCC1. The molecule has 106 valence electrons. The second kappa shape index (κ2) is 7.33. The van der Waals surface area contributed by atoms with Crippen LogP contribution in [-0.2, 0) is 9.53 Å². The normalized spacial score (nSPS) is 17.3. The molecule has 1 fully saturated rings. The van der Waals surface area contributed by atoms with Crippen molar-refractivity contribution in [2.45, 2.75) is 18.9 Å². The van der Waals surface area contributed by atoms with Gasteiger partial charge in [0.2, 0.25) is 5.91 Å². The van der Waals surface area contributed by atoms with E-state index in [1.807, 2.05) is 0 Å². The zero-order valence-corrected chi connectivity index (χ0v) is 11.4. The number of aromatic hydroxyl groups is 1. The third-order valence-corrected chi connectivity index (χ3v) is 3.19. The maximum Gasteiger partial charge on any atom is 0.241 e. The maximum absolute atomic E-state index is 12.0. The van der Waals surface area contributed by atoms with Crippen molar-refractivity contribution in [2.75, 3.05) is 18.5 Å². The molecule has 0 bridgehead atoms. The summed E-state index contributed by atoms with van der Waals surface area (Å²) in [7, 11) is 0. The van der Waals surface area contributed by atoms with Crippen molar-refractivity contribution < 1.29 is 14.6 Å². The topological polar surface area (TPSA) is 84.6 Å². The van der Waals surface area contributed by atoms with Crippen molar-refractivity contribution in [1.29, 1.82) is 0 Å². The van der Waals surface area contributed by atoms with Gasteiger partial charge in [0.25, 0.3) is 0 Å². The summed E-state index contributed by atoms with van der Waals surface area (Å²) in [5.74, 6) is 0.0657. The minimum atomic E-state index is -0.531. The summed E-state index contributed by atoms with van der Waals surface area (Å²) in [6, 6.07) is 5.90. The van der Waals surface area contributed by atoms with Gasteiger partial charge in [0.05, 0.1) is 6.04 Å². The number of phenolic OH excluding ortho intramolecular Hbond substituents is 1. The van der Waals surface area contributed by atoms with Crippen molar-refractivity contribution in [2.24, 2.45) is 11.7 Å². The van der Waals surface area contributed by atoms with Crippen molar-refractivity contribution in [3.8, 4) is 5.75 Å². The number of amides is 1. The monoisotopic (exact) mass is 286 g/mol. The van der Waals surface area contributed by atoms with E-state index in [1.165, 1.54) is 6.07 Å². The number of carbonyl (C=O) groups is 1. The molecule has 1 aliphatic heterocycles. The number of phenols is 1. The van der Waals surface area contributed by atoms with Crippen LogP contribution in [0.5, 0.6) is 5.75 Å². The van der Waals surface area contributed by atoms with Crippen LogP contribution in [0.1, 0.15) is 12.8 Å². The molecule has 1 unspecified atom stereocenters. The highest BCUT2D eigenvalue weighted by molar-refractivity contribution is 5.95. The fourth-order valence-corrected chi connectivity index (χ4v) is 2.10. The Morgan fingerprint density at radius 1 is 1.42 bits per heavy atom. The molecule has 5 nitrogen and oxygen atoms in total. The fourth-order valence-electron chi connectivity index (χ4n) is 2.10. The van der Waals surface area contributed by atoms with Crippen LogP contribution in [0.3, 0.4) is 0 Å². The Kier molecular flexibility index (Phi) is 6.08. The molecule has 1 heterocycles. The molecule has 1 aromatic rings. The van der Waals surface area contributed by atoms with Crippen LogP contribution in [0.4, 0.5) is 5.69 Å². The Morgan fingerprint density at radius 2 is 2.11 bits per heavy atom. The first-order valence-corrected chi connectivity index (χ1v) is 6.10. The van der Waals surface area contributed by atoms with E-state index in [0.29, 0.717) is 18.9 Å². The lowest BCUT2D eigenvalue weighted by atomic mass is 9.92. The number of hydrogen-bond donors (Lipinski definition) is 3. The predicted octanol–water partition coefficient (Wildman–Crippen LogP) is 1.51. The molecule has 0 aromatic heterocycles. The van der Waals surface area contributed by atoms with E-state index in [4.69, 9.17) is 10.5 Å². The molecule has 0 saturated carbocycles. The summed E-state index contributed by atoms with van der Waals surface area (Å²) in [4.78, 5) is 12.0. The second-order valence-corrected chi connectivity index (χ2v) is 4.52. The second-order valence-electron chi connectivity index (χ2n) is 4.52. The highest BCUT2D eigenvalue weighted by atomic mass is 35.5. The van der Waals surface area contributed by atoms with Gasteiger partial charge in [-0.05, 0) is 30.9 Å². The van der Waals surface area contributed by atoms with Gasteiger partial charge in [-0.1, -0.05) is 6.07 Å². The van der Waals surface area contributed by atoms with Gasteiger partial charge in [-0.2, -0.15) is 0 Å². The van der Waals surface area contributed by atoms with Gasteiger partial charge in [-0.25, -0.2) is 0 Å². The fraction of sp³-hybridized carbons (Fsp3) is 0.462. The van der Waals surface area contributed by atoms with Gasteiger partial charge in [0.1, 0.15) is 5.75 Å². The number of anilines is 1. The number of rotatable bonds is 3. The summed E-state index contributed by atoms with van der Waals surface area (Å²) in [6.45, 7) is 1.33. The minimum absolute atomic E-state index is 0. The van der Waals surface area contributed by atoms with Gasteiger partial charge in [0, 0.05) is 25.0 Å². The molecule has 0 radical (unpaired) electrons. The summed E-state index contributed by atoms with van der Waals surface area (Å²) in [5, 5.41) is 12.0. The molecular weight excluding hydrogens is 268 g/mol. The zero-order valence-electron chi connectivity index (χ0n) is 10.5. The van der Waals surface area contributed by atoms with Crippen LogP contribution in [0.15, 0.2) is 24.3 Å². The molecular formula is C13H19ClN2O3. The molecule has 1 amide bonds. The van der Waals surface area contributed by atoms with E-state index in [9.17, 15) is 9.90 Å². The van der Waals surface area contributed by atoms with Crippen molar-refractivity contribution >= 4 is 24.0 Å². The summed E-state index contributed by atoms with van der Waals surface area (Å²) < 4.78 is 5.24. The van der Waals surface area contributed by atoms with Crippen LogP contribution in [0.25, 0.3) is 0 Å². The highest BCUT2D eigenvalue weighted by Crippen LogP contribution is 2.20. The average Bonchev–Trinajstić information content (AvgIpc) is 2.39. The van der Waals surface area contributed by atoms with Crippen LogP contribution < -0.4 is 11.1 Å². The number of carbonyl (C=O) groups excluding carboxylic acids is 1. The number of hydrogen-bond acceptors (Lipinski definition) is 4. The first-order chi connectivity index (χ1) is 8.66. The summed E-state index contributed by atoms with van der Waals surface area (Å²) in [6.07, 6.45) is 1.63. The quantitative estimate of drug-likeness (QED) is 0.786. The number of halogens is 1. The van der Waals surface area contributed by atoms with Gasteiger partial charge in [-0.3, -0.25) is 4.79 Å². The lowest BCUT2D eigenvalue weighted by Gasteiger charge is -2.26. The zero-order chi connectivity index (χ0) is 13.0. The third kappa shape index (κ3) is 4.38. The summed E-state index contributed by atoms with van der Waals surface area (Å²) in [5.41, 5.74) is 6.51. The van der Waals surface area contributed by atoms with Crippen LogP contribution >= 0.6 is 12.4 Å². The van der Waals surface area contributed by atoms with E-state index in [2.05, 4.69) is 5.32 Å². The van der Waals surface area contributed by atoms with Crippen molar-refractivity contribution in [3.05, 3.63) is 24.3 Å². The Morgan fingerprint density at radius 3 is 2.74 bits per heavy atom.